The third-order valence-electron chi connectivity index (χ3n) is 1.46. The van der Waals surface area contributed by atoms with Gasteiger partial charge in [-0.05, 0) is 12.5 Å². The van der Waals surface area contributed by atoms with Crippen LogP contribution in [0.2, 0.25) is 0 Å². The van der Waals surface area contributed by atoms with E-state index in [9.17, 15) is 0 Å². The van der Waals surface area contributed by atoms with Crippen molar-refractivity contribution in [2.75, 3.05) is 0 Å². The molecule has 1 aliphatic carbocycles. The fraction of sp³-hybridized carbons (Fsp3) is 0.455. The Morgan fingerprint density at radius 1 is 1.12 bits per heavy atom. The molecule has 0 aliphatic heterocycles. The minimum Gasteiger partial charge on any atom is -0.481 e. The van der Waals surface area contributed by atoms with E-state index in [-0.39, 0.29) is 0 Å². The van der Waals surface area contributed by atoms with Crippen molar-refractivity contribution >= 4 is 11.9 Å². The first-order valence-corrected chi connectivity index (χ1v) is 4.78. The first-order chi connectivity index (χ1) is 7.68. The van der Waals surface area contributed by atoms with E-state index in [2.05, 4.69) is 0 Å². The summed E-state index contributed by atoms with van der Waals surface area (Å²) in [6, 6.07) is 0. The van der Waals surface area contributed by atoms with Crippen LogP contribution in [0.5, 0.6) is 0 Å². The van der Waals surface area contributed by atoms with E-state index in [1.54, 1.807) is 25.2 Å². The van der Waals surface area contributed by atoms with Gasteiger partial charge in [0.05, 0.1) is 0 Å². The molecule has 0 heterocycles. The van der Waals surface area contributed by atoms with Crippen molar-refractivity contribution < 1.29 is 30.0 Å². The Labute approximate surface area is 99.5 Å². The summed E-state index contributed by atoms with van der Waals surface area (Å²) in [5.41, 5.74) is 0.810. The topological polar surface area (TPSA) is 115 Å². The highest BCUT2D eigenvalue weighted by Crippen LogP contribution is 2.11. The highest BCUT2D eigenvalue weighted by molar-refractivity contribution is 5.63. The number of carboxylic acid groups (broad SMARTS) is 2. The van der Waals surface area contributed by atoms with Crippen LogP contribution in [0.1, 0.15) is 20.8 Å². The van der Waals surface area contributed by atoms with E-state index in [4.69, 9.17) is 30.0 Å². The summed E-state index contributed by atoms with van der Waals surface area (Å²) >= 11 is 0. The van der Waals surface area contributed by atoms with Gasteiger partial charge in [0, 0.05) is 13.8 Å². The molecule has 0 radical (unpaired) electrons. The number of carboxylic acids is 2. The minimum atomic E-state index is -0.833. The van der Waals surface area contributed by atoms with E-state index in [0.717, 1.165) is 19.4 Å². The lowest BCUT2D eigenvalue weighted by molar-refractivity contribution is -0.135. The van der Waals surface area contributed by atoms with E-state index < -0.39 is 24.1 Å². The molecule has 0 aromatic carbocycles. The van der Waals surface area contributed by atoms with E-state index in [0.29, 0.717) is 0 Å². The van der Waals surface area contributed by atoms with Crippen molar-refractivity contribution in [3.8, 4) is 0 Å². The molecule has 2 atom stereocenters. The Morgan fingerprint density at radius 2 is 1.47 bits per heavy atom. The molecular weight excluding hydrogens is 228 g/mol. The van der Waals surface area contributed by atoms with Gasteiger partial charge in [-0.2, -0.15) is 0 Å². The number of carbonyl (C=O) groups is 2. The van der Waals surface area contributed by atoms with Gasteiger partial charge < -0.3 is 20.4 Å². The highest BCUT2D eigenvalue weighted by Gasteiger charge is 2.16. The quantitative estimate of drug-likeness (QED) is 0.492. The molecule has 6 nitrogen and oxygen atoms in total. The van der Waals surface area contributed by atoms with Gasteiger partial charge in [0.2, 0.25) is 0 Å². The molecule has 98 valence electrons. The van der Waals surface area contributed by atoms with Crippen molar-refractivity contribution in [2.24, 2.45) is 0 Å². The zero-order chi connectivity index (χ0) is 14.0. The summed E-state index contributed by atoms with van der Waals surface area (Å²) in [4.78, 5) is 18.0. The summed E-state index contributed by atoms with van der Waals surface area (Å²) in [5.74, 6) is -1.67. The molecule has 1 aliphatic rings. The molecule has 0 saturated heterocycles. The molecule has 0 bridgehead atoms. The zero-order valence-corrected chi connectivity index (χ0v) is 9.99. The zero-order valence-electron chi connectivity index (χ0n) is 9.99. The maximum Gasteiger partial charge on any atom is 0.300 e. The number of allylic oxidation sites excluding steroid dienone is 2. The summed E-state index contributed by atoms with van der Waals surface area (Å²) < 4.78 is 0. The van der Waals surface area contributed by atoms with Gasteiger partial charge >= 0.3 is 0 Å². The van der Waals surface area contributed by atoms with Gasteiger partial charge in [-0.3, -0.25) is 9.59 Å². The number of hydrogen-bond acceptors (Lipinski definition) is 4. The Bertz CT molecular complexity index is 285. The van der Waals surface area contributed by atoms with E-state index >= 15 is 0 Å². The first-order valence-electron chi connectivity index (χ1n) is 4.78. The predicted octanol–water partition coefficient (Wildman–Crippen LogP) is 0.406. The van der Waals surface area contributed by atoms with Gasteiger partial charge in [-0.25, -0.2) is 0 Å². The Hall–Kier alpha value is -1.66. The van der Waals surface area contributed by atoms with Crippen LogP contribution in [0, 0.1) is 0 Å². The number of aliphatic hydroxyl groups excluding tert-OH is 2. The van der Waals surface area contributed by atoms with Crippen LogP contribution in [0.25, 0.3) is 0 Å². The molecule has 0 amide bonds. The van der Waals surface area contributed by atoms with Crippen LogP contribution < -0.4 is 0 Å². The fourth-order valence-electron chi connectivity index (χ4n) is 0.794. The lowest BCUT2D eigenvalue weighted by Crippen LogP contribution is -2.26. The summed E-state index contributed by atoms with van der Waals surface area (Å²) in [5, 5.41) is 32.9. The van der Waals surface area contributed by atoms with Crippen LogP contribution in [0.3, 0.4) is 0 Å². The van der Waals surface area contributed by atoms with Gasteiger partial charge in [-0.15, -0.1) is 0 Å². The van der Waals surface area contributed by atoms with Crippen LogP contribution in [0.15, 0.2) is 23.8 Å². The molecular formula is C11H18O6. The fourth-order valence-corrected chi connectivity index (χ4v) is 0.794. The highest BCUT2D eigenvalue weighted by atomic mass is 16.4. The molecule has 4 N–H and O–H groups in total. The molecule has 0 spiro atoms. The summed E-state index contributed by atoms with van der Waals surface area (Å²) in [6.45, 7) is 3.96. The molecule has 0 unspecified atom stereocenters. The number of aliphatic carboxylic acids is 2. The Morgan fingerprint density at radius 3 is 1.71 bits per heavy atom. The third-order valence-corrected chi connectivity index (χ3v) is 1.46. The molecule has 6 heteroatoms. The summed E-state index contributed by atoms with van der Waals surface area (Å²) in [6.07, 6.45) is 3.69. The van der Waals surface area contributed by atoms with Crippen molar-refractivity contribution in [3.05, 3.63) is 23.8 Å². The van der Waals surface area contributed by atoms with E-state index in [1.165, 1.54) is 0 Å². The monoisotopic (exact) mass is 246 g/mol. The van der Waals surface area contributed by atoms with Crippen LogP contribution in [-0.2, 0) is 9.59 Å². The maximum atomic E-state index is 9.08. The van der Waals surface area contributed by atoms with Crippen molar-refractivity contribution in [2.45, 2.75) is 33.0 Å². The number of hydrogen-bond donors (Lipinski definition) is 4. The average Bonchev–Trinajstić information content (AvgIpc) is 2.12. The summed E-state index contributed by atoms with van der Waals surface area (Å²) in [7, 11) is 0. The molecule has 0 saturated carbocycles. The minimum absolute atomic E-state index is 0.699. The average molecular weight is 246 g/mol. The predicted molar refractivity (Wildman–Crippen MR) is 61.5 cm³/mol. The first kappa shape index (κ1) is 17.7. The lowest BCUT2D eigenvalue weighted by Gasteiger charge is -2.17. The van der Waals surface area contributed by atoms with Gasteiger partial charge in [0.1, 0.15) is 12.2 Å². The normalized spacial score (nSPS) is 21.1. The van der Waals surface area contributed by atoms with Gasteiger partial charge in [-0.1, -0.05) is 18.2 Å². The smallest absolute Gasteiger partial charge is 0.300 e. The number of rotatable bonds is 0. The molecule has 1 rings (SSSR count). The lowest BCUT2D eigenvalue weighted by atomic mass is 10.0. The third kappa shape index (κ3) is 14.3. The SMILES string of the molecule is CC(=O)O.CC(=O)O.CC1=CC=C[C@H](O)[C@@H]1O. The van der Waals surface area contributed by atoms with Gasteiger partial charge in [0.25, 0.3) is 11.9 Å². The van der Waals surface area contributed by atoms with Crippen molar-refractivity contribution in [1.82, 2.24) is 0 Å². The molecule has 0 fully saturated rings. The molecule has 17 heavy (non-hydrogen) atoms. The Balaban J connectivity index is 0. The second-order valence-electron chi connectivity index (χ2n) is 3.27. The second-order valence-corrected chi connectivity index (χ2v) is 3.27. The van der Waals surface area contributed by atoms with E-state index in [1.807, 2.05) is 0 Å². The standard InChI is InChI=1S/C7H10O2.2C2H4O2/c1-5-3-2-4-6(8)7(5)9;2*1-2(3)4/h2-4,6-9H,1H3;2*1H3,(H,3,4)/t6-,7+;;/m0../s1. The van der Waals surface area contributed by atoms with Crippen molar-refractivity contribution in [1.29, 1.82) is 0 Å². The van der Waals surface area contributed by atoms with Crippen molar-refractivity contribution in [3.63, 3.8) is 0 Å². The second kappa shape index (κ2) is 9.56. The Kier molecular flexibility index (Phi) is 9.97. The molecule has 0 aromatic rings. The maximum absolute atomic E-state index is 9.08. The van der Waals surface area contributed by atoms with Gasteiger partial charge in [0.15, 0.2) is 0 Å². The molecule has 0 aromatic heterocycles. The largest absolute Gasteiger partial charge is 0.481 e. The number of aliphatic hydroxyl groups is 2. The van der Waals surface area contributed by atoms with Crippen LogP contribution in [0.4, 0.5) is 0 Å². The van der Waals surface area contributed by atoms with Crippen LogP contribution in [-0.4, -0.2) is 44.6 Å². The van der Waals surface area contributed by atoms with Crippen LogP contribution >= 0.6 is 0 Å².